The van der Waals surface area contributed by atoms with Crippen LogP contribution in [0.5, 0.6) is 0 Å². The summed E-state index contributed by atoms with van der Waals surface area (Å²) in [6, 6.07) is 8.39. The normalized spacial score (nSPS) is 12.9. The highest BCUT2D eigenvalue weighted by Gasteiger charge is 2.12. The van der Waals surface area contributed by atoms with Gasteiger partial charge in [0.15, 0.2) is 0 Å². The molecule has 0 radical (unpaired) electrons. The fraction of sp³-hybridized carbons (Fsp3) is 0.263. The summed E-state index contributed by atoms with van der Waals surface area (Å²) in [5.74, 6) is 0. The predicted molar refractivity (Wildman–Crippen MR) is 90.8 cm³/mol. The molecule has 0 aliphatic heterocycles. The van der Waals surface area contributed by atoms with Gasteiger partial charge in [0.2, 0.25) is 0 Å². The maximum atomic E-state index is 4.11. The molecule has 0 unspecified atom stereocenters. The van der Waals surface area contributed by atoms with E-state index in [9.17, 15) is 0 Å². The van der Waals surface area contributed by atoms with E-state index in [1.165, 1.54) is 11.3 Å². The van der Waals surface area contributed by atoms with Gasteiger partial charge >= 0.3 is 0 Å². The van der Waals surface area contributed by atoms with Crippen LogP contribution in [0.1, 0.15) is 32.8 Å². The lowest BCUT2D eigenvalue weighted by atomic mass is 10.1. The molecule has 1 heteroatoms. The minimum atomic E-state index is 0.984. The van der Waals surface area contributed by atoms with E-state index in [2.05, 4.69) is 73.0 Å². The minimum Gasteiger partial charge on any atom is -0.315 e. The van der Waals surface area contributed by atoms with Crippen molar-refractivity contribution < 1.29 is 0 Å². The van der Waals surface area contributed by atoms with Gasteiger partial charge < -0.3 is 4.90 Å². The van der Waals surface area contributed by atoms with Crippen LogP contribution in [-0.4, -0.2) is 0 Å². The fourth-order valence-electron chi connectivity index (χ4n) is 2.10. The summed E-state index contributed by atoms with van der Waals surface area (Å²) in [5, 5.41) is 0. The van der Waals surface area contributed by atoms with Crippen LogP contribution in [-0.2, 0) is 0 Å². The number of rotatable bonds is 3. The number of aryl methyl sites for hydroxylation is 1. The second-order valence-corrected chi connectivity index (χ2v) is 4.51. The number of hydrogen-bond acceptors (Lipinski definition) is 1. The van der Waals surface area contributed by atoms with Crippen molar-refractivity contribution in [1.29, 1.82) is 0 Å². The average Bonchev–Trinajstić information content (AvgIpc) is 2.72. The van der Waals surface area contributed by atoms with Crippen LogP contribution in [0, 0.1) is 6.92 Å². The van der Waals surface area contributed by atoms with E-state index in [1.54, 1.807) is 0 Å². The number of para-hydroxylation sites is 1. The van der Waals surface area contributed by atoms with E-state index >= 15 is 0 Å². The molecule has 0 atom stereocenters. The third kappa shape index (κ3) is 3.99. The molecule has 1 aliphatic carbocycles. The smallest absolute Gasteiger partial charge is 0.0487 e. The molecular formula is C19H25N. The SMILES string of the molecule is C=C(C)N(C1=CC=CCC=C1)c1ccccc1C.CC. The molecular weight excluding hydrogens is 242 g/mol. The van der Waals surface area contributed by atoms with Gasteiger partial charge in [-0.2, -0.15) is 0 Å². The molecule has 1 aliphatic rings. The number of anilines is 1. The van der Waals surface area contributed by atoms with E-state index in [-0.39, 0.29) is 0 Å². The molecule has 0 fully saturated rings. The Bertz CT molecular complexity index is 532. The molecule has 1 aromatic rings. The molecule has 1 nitrogen and oxygen atoms in total. The average molecular weight is 267 g/mol. The molecule has 1 aromatic carbocycles. The summed E-state index contributed by atoms with van der Waals surface area (Å²) in [5.41, 5.74) is 4.63. The Balaban J connectivity index is 0.000000956. The summed E-state index contributed by atoms with van der Waals surface area (Å²) in [4.78, 5) is 2.20. The van der Waals surface area contributed by atoms with E-state index < -0.39 is 0 Å². The number of hydrogen-bond donors (Lipinski definition) is 0. The molecule has 106 valence electrons. The topological polar surface area (TPSA) is 3.24 Å². The van der Waals surface area contributed by atoms with Gasteiger partial charge in [-0.1, -0.05) is 56.9 Å². The quantitative estimate of drug-likeness (QED) is 0.673. The van der Waals surface area contributed by atoms with Crippen molar-refractivity contribution in [3.63, 3.8) is 0 Å². The Kier molecular flexibility index (Phi) is 6.58. The van der Waals surface area contributed by atoms with Crippen molar-refractivity contribution >= 4 is 5.69 Å². The fourth-order valence-corrected chi connectivity index (χ4v) is 2.10. The maximum absolute atomic E-state index is 4.11. The van der Waals surface area contributed by atoms with E-state index in [0.717, 1.165) is 17.8 Å². The summed E-state index contributed by atoms with van der Waals surface area (Å²) >= 11 is 0. The standard InChI is InChI=1S/C17H19N.C2H6/c1-14(2)18(16-11-6-4-5-7-12-16)17-13-9-8-10-15(17)3;1-2/h4,6-13H,1,5H2,2-3H3;1-2H3. The zero-order chi connectivity index (χ0) is 15.0. The highest BCUT2D eigenvalue weighted by Crippen LogP contribution is 2.28. The Labute approximate surface area is 123 Å². The van der Waals surface area contributed by atoms with Gasteiger partial charge in [0.05, 0.1) is 0 Å². The molecule has 0 bridgehead atoms. The Morgan fingerprint density at radius 3 is 2.50 bits per heavy atom. The number of benzene rings is 1. The van der Waals surface area contributed by atoms with Crippen molar-refractivity contribution in [2.24, 2.45) is 0 Å². The summed E-state index contributed by atoms with van der Waals surface area (Å²) in [6.07, 6.45) is 11.7. The first-order valence-electron chi connectivity index (χ1n) is 7.25. The predicted octanol–water partition coefficient (Wildman–Crippen LogP) is 5.76. The first-order chi connectivity index (χ1) is 9.70. The molecule has 0 N–H and O–H groups in total. The third-order valence-corrected chi connectivity index (χ3v) is 2.96. The second-order valence-electron chi connectivity index (χ2n) is 4.51. The van der Waals surface area contributed by atoms with Crippen molar-refractivity contribution in [1.82, 2.24) is 0 Å². The molecule has 0 heterocycles. The van der Waals surface area contributed by atoms with Crippen molar-refractivity contribution in [3.8, 4) is 0 Å². The van der Waals surface area contributed by atoms with Gasteiger partial charge in [-0.25, -0.2) is 0 Å². The second kappa shape index (κ2) is 8.21. The summed E-state index contributed by atoms with van der Waals surface area (Å²) in [7, 11) is 0. The van der Waals surface area contributed by atoms with Crippen molar-refractivity contribution in [3.05, 3.63) is 78.2 Å². The largest absolute Gasteiger partial charge is 0.315 e. The van der Waals surface area contributed by atoms with Crippen LogP contribution in [0.15, 0.2) is 72.6 Å². The van der Waals surface area contributed by atoms with E-state index in [0.29, 0.717) is 0 Å². The van der Waals surface area contributed by atoms with Crippen LogP contribution in [0.4, 0.5) is 5.69 Å². The maximum Gasteiger partial charge on any atom is 0.0487 e. The van der Waals surface area contributed by atoms with Crippen LogP contribution < -0.4 is 4.90 Å². The molecule has 0 saturated carbocycles. The lowest BCUT2D eigenvalue weighted by Crippen LogP contribution is -2.19. The Hall–Kier alpha value is -2.02. The molecule has 2 rings (SSSR count). The lowest BCUT2D eigenvalue weighted by molar-refractivity contribution is 1.09. The van der Waals surface area contributed by atoms with Crippen LogP contribution in [0.25, 0.3) is 0 Å². The number of allylic oxidation sites excluding steroid dienone is 6. The molecule has 0 saturated heterocycles. The summed E-state index contributed by atoms with van der Waals surface area (Å²) in [6.45, 7) is 12.3. The summed E-state index contributed by atoms with van der Waals surface area (Å²) < 4.78 is 0. The van der Waals surface area contributed by atoms with Crippen LogP contribution in [0.2, 0.25) is 0 Å². The highest BCUT2D eigenvalue weighted by molar-refractivity contribution is 5.64. The Morgan fingerprint density at radius 2 is 1.85 bits per heavy atom. The molecule has 0 aromatic heterocycles. The van der Waals surface area contributed by atoms with E-state index in [4.69, 9.17) is 0 Å². The third-order valence-electron chi connectivity index (χ3n) is 2.96. The monoisotopic (exact) mass is 267 g/mol. The van der Waals surface area contributed by atoms with Gasteiger partial charge in [0, 0.05) is 17.1 Å². The number of nitrogens with zero attached hydrogens (tertiary/aromatic N) is 1. The highest BCUT2D eigenvalue weighted by atomic mass is 15.1. The van der Waals surface area contributed by atoms with E-state index in [1.807, 2.05) is 20.8 Å². The first-order valence-corrected chi connectivity index (χ1v) is 7.25. The van der Waals surface area contributed by atoms with Crippen LogP contribution in [0.3, 0.4) is 0 Å². The lowest BCUT2D eigenvalue weighted by Gasteiger charge is -2.27. The van der Waals surface area contributed by atoms with Gasteiger partial charge in [0.1, 0.15) is 0 Å². The van der Waals surface area contributed by atoms with Gasteiger partial charge in [-0.05, 0) is 44.1 Å². The molecule has 20 heavy (non-hydrogen) atoms. The van der Waals surface area contributed by atoms with Gasteiger partial charge in [-0.15, -0.1) is 0 Å². The molecule has 0 amide bonds. The first kappa shape index (κ1) is 16.0. The molecule has 0 spiro atoms. The van der Waals surface area contributed by atoms with Gasteiger partial charge in [-0.3, -0.25) is 0 Å². The van der Waals surface area contributed by atoms with Gasteiger partial charge in [0.25, 0.3) is 0 Å². The zero-order valence-corrected chi connectivity index (χ0v) is 13.1. The van der Waals surface area contributed by atoms with Crippen molar-refractivity contribution in [2.45, 2.75) is 34.1 Å². The Morgan fingerprint density at radius 1 is 1.15 bits per heavy atom. The minimum absolute atomic E-state index is 0.984. The zero-order valence-electron chi connectivity index (χ0n) is 13.1. The van der Waals surface area contributed by atoms with Crippen molar-refractivity contribution in [2.75, 3.05) is 4.90 Å². The van der Waals surface area contributed by atoms with Crippen LogP contribution >= 0.6 is 0 Å².